The summed E-state index contributed by atoms with van der Waals surface area (Å²) < 4.78 is 0. The molecule has 2 rings (SSSR count). The molecule has 0 heterocycles. The Morgan fingerprint density at radius 3 is 2.12 bits per heavy atom. The summed E-state index contributed by atoms with van der Waals surface area (Å²) in [5, 5.41) is 3.52. The van der Waals surface area contributed by atoms with Crippen molar-refractivity contribution in [1.82, 2.24) is 5.32 Å². The summed E-state index contributed by atoms with van der Waals surface area (Å²) in [6.45, 7) is 2.36. The minimum atomic E-state index is 0.837. The minimum Gasteiger partial charge on any atom is -0.317 e. The molecule has 0 saturated heterocycles. The van der Waals surface area contributed by atoms with E-state index in [4.69, 9.17) is 0 Å². The Bertz CT molecular complexity index is 190. The van der Waals surface area contributed by atoms with E-state index in [0.29, 0.717) is 0 Å². The van der Waals surface area contributed by atoms with Gasteiger partial charge in [0.05, 0.1) is 0 Å². The third-order valence-electron chi connectivity index (χ3n) is 4.99. The summed E-state index contributed by atoms with van der Waals surface area (Å²) in [6, 6.07) is 0.837. The van der Waals surface area contributed by atoms with Crippen LogP contribution in [0.4, 0.5) is 0 Å². The van der Waals surface area contributed by atoms with Gasteiger partial charge in [0.25, 0.3) is 0 Å². The van der Waals surface area contributed by atoms with E-state index < -0.39 is 0 Å². The second-order valence-corrected chi connectivity index (χ2v) is 6.10. The van der Waals surface area contributed by atoms with Gasteiger partial charge in [-0.05, 0) is 50.5 Å². The molecule has 0 aliphatic heterocycles. The van der Waals surface area contributed by atoms with Gasteiger partial charge < -0.3 is 5.32 Å². The van der Waals surface area contributed by atoms with Crippen molar-refractivity contribution in [3.63, 3.8) is 0 Å². The highest BCUT2D eigenvalue weighted by Gasteiger charge is 2.30. The molecule has 2 saturated carbocycles. The van der Waals surface area contributed by atoms with E-state index in [2.05, 4.69) is 19.3 Å². The van der Waals surface area contributed by atoms with Crippen LogP contribution in [-0.2, 0) is 0 Å². The third kappa shape index (κ3) is 3.48. The second kappa shape index (κ2) is 6.05. The molecular weight excluding hydrogens is 194 g/mol. The molecule has 2 aliphatic rings. The average molecular weight is 223 g/mol. The summed E-state index contributed by atoms with van der Waals surface area (Å²) >= 11 is 0. The Kier molecular flexibility index (Phi) is 4.69. The van der Waals surface area contributed by atoms with Crippen LogP contribution >= 0.6 is 0 Å². The topological polar surface area (TPSA) is 12.0 Å². The summed E-state index contributed by atoms with van der Waals surface area (Å²) in [7, 11) is 2.15. The molecule has 1 unspecified atom stereocenters. The first-order chi connectivity index (χ1) is 7.83. The number of rotatable bonds is 6. The maximum Gasteiger partial charge on any atom is 0.00924 e. The molecule has 0 spiro atoms. The highest BCUT2D eigenvalue weighted by atomic mass is 14.9. The lowest BCUT2D eigenvalue weighted by molar-refractivity contribution is 0.246. The Labute approximate surface area is 101 Å². The molecule has 0 aromatic carbocycles. The largest absolute Gasteiger partial charge is 0.317 e. The molecule has 94 valence electrons. The van der Waals surface area contributed by atoms with E-state index in [9.17, 15) is 0 Å². The van der Waals surface area contributed by atoms with Crippen LogP contribution in [0.5, 0.6) is 0 Å². The lowest BCUT2D eigenvalue weighted by atomic mass is 9.78. The highest BCUT2D eigenvalue weighted by molar-refractivity contribution is 4.86. The predicted molar refractivity (Wildman–Crippen MR) is 70.5 cm³/mol. The Balaban J connectivity index is 1.62. The van der Waals surface area contributed by atoms with Crippen LogP contribution in [0.3, 0.4) is 0 Å². The molecular formula is C15H29N. The van der Waals surface area contributed by atoms with E-state index in [1.807, 2.05) is 0 Å². The molecule has 1 atom stereocenters. The van der Waals surface area contributed by atoms with Crippen LogP contribution in [0.25, 0.3) is 0 Å². The summed E-state index contributed by atoms with van der Waals surface area (Å²) in [6.07, 6.45) is 13.3. The van der Waals surface area contributed by atoms with Gasteiger partial charge in [0, 0.05) is 6.04 Å². The zero-order chi connectivity index (χ0) is 11.4. The summed E-state index contributed by atoms with van der Waals surface area (Å²) in [5.41, 5.74) is 0. The van der Waals surface area contributed by atoms with E-state index in [1.165, 1.54) is 57.8 Å². The number of hydrogen-bond acceptors (Lipinski definition) is 1. The van der Waals surface area contributed by atoms with Gasteiger partial charge in [0.15, 0.2) is 0 Å². The molecule has 0 bridgehead atoms. The summed E-state index contributed by atoms with van der Waals surface area (Å²) in [5.74, 6) is 3.13. The Hall–Kier alpha value is -0.0400. The van der Waals surface area contributed by atoms with Gasteiger partial charge in [0.1, 0.15) is 0 Å². The second-order valence-electron chi connectivity index (χ2n) is 6.10. The van der Waals surface area contributed by atoms with Crippen molar-refractivity contribution in [2.45, 2.75) is 70.8 Å². The van der Waals surface area contributed by atoms with Crippen LogP contribution in [0.15, 0.2) is 0 Å². The van der Waals surface area contributed by atoms with E-state index in [1.54, 1.807) is 0 Å². The molecule has 1 N–H and O–H groups in total. The van der Waals surface area contributed by atoms with Gasteiger partial charge in [0.2, 0.25) is 0 Å². The lowest BCUT2D eigenvalue weighted by Crippen LogP contribution is -2.28. The standard InChI is InChI=1S/C15H29N/c1-3-12-4-6-13(7-5-12)8-11-15(16-2)14-9-10-14/h12-16H,3-11H2,1-2H3. The summed E-state index contributed by atoms with van der Waals surface area (Å²) in [4.78, 5) is 0. The SMILES string of the molecule is CCC1CCC(CCC(NC)C2CC2)CC1. The van der Waals surface area contributed by atoms with Crippen LogP contribution in [0.1, 0.15) is 64.7 Å². The quantitative estimate of drug-likeness (QED) is 0.718. The van der Waals surface area contributed by atoms with Crippen LogP contribution in [-0.4, -0.2) is 13.1 Å². The van der Waals surface area contributed by atoms with Gasteiger partial charge >= 0.3 is 0 Å². The molecule has 16 heavy (non-hydrogen) atoms. The fourth-order valence-corrected chi connectivity index (χ4v) is 3.46. The van der Waals surface area contributed by atoms with Crippen molar-refractivity contribution >= 4 is 0 Å². The van der Waals surface area contributed by atoms with Gasteiger partial charge in [-0.3, -0.25) is 0 Å². The fraction of sp³-hybridized carbons (Fsp3) is 1.00. The van der Waals surface area contributed by atoms with Crippen LogP contribution < -0.4 is 5.32 Å². The molecule has 2 fully saturated rings. The van der Waals surface area contributed by atoms with Crippen molar-refractivity contribution in [1.29, 1.82) is 0 Å². The van der Waals surface area contributed by atoms with Crippen molar-refractivity contribution in [3.05, 3.63) is 0 Å². The maximum absolute atomic E-state index is 3.52. The smallest absolute Gasteiger partial charge is 0.00924 e. The first kappa shape index (κ1) is 12.4. The van der Waals surface area contributed by atoms with E-state index >= 15 is 0 Å². The maximum atomic E-state index is 3.52. The lowest BCUT2D eigenvalue weighted by Gasteiger charge is -2.29. The van der Waals surface area contributed by atoms with Crippen molar-refractivity contribution in [2.24, 2.45) is 17.8 Å². The third-order valence-corrected chi connectivity index (χ3v) is 4.99. The average Bonchev–Trinajstić information content (AvgIpc) is 3.15. The molecule has 2 aliphatic carbocycles. The predicted octanol–water partition coefficient (Wildman–Crippen LogP) is 3.98. The highest BCUT2D eigenvalue weighted by Crippen LogP contribution is 2.37. The van der Waals surface area contributed by atoms with E-state index in [0.717, 1.165) is 23.8 Å². The van der Waals surface area contributed by atoms with Gasteiger partial charge in [-0.15, -0.1) is 0 Å². The van der Waals surface area contributed by atoms with Crippen LogP contribution in [0.2, 0.25) is 0 Å². The molecule has 0 aromatic rings. The van der Waals surface area contributed by atoms with Crippen molar-refractivity contribution < 1.29 is 0 Å². The normalized spacial score (nSPS) is 32.6. The van der Waals surface area contributed by atoms with Crippen molar-refractivity contribution in [2.75, 3.05) is 7.05 Å². The molecule has 0 aromatic heterocycles. The fourth-order valence-electron chi connectivity index (χ4n) is 3.46. The Morgan fingerprint density at radius 2 is 1.62 bits per heavy atom. The molecule has 0 amide bonds. The van der Waals surface area contributed by atoms with Gasteiger partial charge in [-0.2, -0.15) is 0 Å². The Morgan fingerprint density at radius 1 is 1.00 bits per heavy atom. The number of hydrogen-bond donors (Lipinski definition) is 1. The molecule has 1 heteroatoms. The number of nitrogens with one attached hydrogen (secondary N) is 1. The van der Waals surface area contributed by atoms with Gasteiger partial charge in [-0.1, -0.05) is 39.0 Å². The zero-order valence-electron chi connectivity index (χ0n) is 11.2. The minimum absolute atomic E-state index is 0.837. The first-order valence-corrected chi connectivity index (χ1v) is 7.50. The zero-order valence-corrected chi connectivity index (χ0v) is 11.2. The van der Waals surface area contributed by atoms with Crippen molar-refractivity contribution in [3.8, 4) is 0 Å². The van der Waals surface area contributed by atoms with Crippen LogP contribution in [0, 0.1) is 17.8 Å². The van der Waals surface area contributed by atoms with E-state index in [-0.39, 0.29) is 0 Å². The van der Waals surface area contributed by atoms with Gasteiger partial charge in [-0.25, -0.2) is 0 Å². The monoisotopic (exact) mass is 223 g/mol. The molecule has 0 radical (unpaired) electrons. The molecule has 1 nitrogen and oxygen atoms in total. The first-order valence-electron chi connectivity index (χ1n) is 7.50.